The Morgan fingerprint density at radius 1 is 1.42 bits per heavy atom. The molecule has 0 aliphatic rings. The molecule has 0 fully saturated rings. The fraction of sp³-hybridized carbons (Fsp3) is 0.417. The van der Waals surface area contributed by atoms with Crippen molar-refractivity contribution in [3.05, 3.63) is 39.7 Å². The molecule has 0 aromatic heterocycles. The summed E-state index contributed by atoms with van der Waals surface area (Å²) in [4.78, 5) is 21.8. The lowest BCUT2D eigenvalue weighted by molar-refractivity contribution is -0.385. The van der Waals surface area contributed by atoms with Crippen LogP contribution >= 0.6 is 0 Å². The van der Waals surface area contributed by atoms with Crippen LogP contribution in [0.1, 0.15) is 24.2 Å². The first-order chi connectivity index (χ1) is 8.91. The molecule has 1 rings (SSSR count). The molecule has 7 heteroatoms. The zero-order valence-electron chi connectivity index (χ0n) is 10.8. The number of nitrogens with zero attached hydrogens (tertiary/aromatic N) is 1. The van der Waals surface area contributed by atoms with E-state index in [1.807, 2.05) is 13.8 Å². The molecule has 104 valence electrons. The number of hydrogen-bond acceptors (Lipinski definition) is 4. The van der Waals surface area contributed by atoms with E-state index in [-0.39, 0.29) is 11.6 Å². The van der Waals surface area contributed by atoms with Gasteiger partial charge in [0.05, 0.1) is 4.92 Å². The van der Waals surface area contributed by atoms with Gasteiger partial charge in [0.25, 0.3) is 11.6 Å². The Bertz CT molecular complexity index is 477. The summed E-state index contributed by atoms with van der Waals surface area (Å²) in [5.41, 5.74) is -0.676. The molecule has 19 heavy (non-hydrogen) atoms. The molecule has 0 aliphatic carbocycles. The predicted octanol–water partition coefficient (Wildman–Crippen LogP) is 1.46. The molecule has 1 aromatic rings. The normalized spacial score (nSPS) is 10.5. The minimum atomic E-state index is -0.708. The molecule has 0 bridgehead atoms. The standard InChI is InChI=1S/C12H16FN3O3/c1-8(2)14-5-6-15-12(17)10-7-9(13)3-4-11(10)16(18)19/h3-4,7-8,14H,5-6H2,1-2H3,(H,15,17). The van der Waals surface area contributed by atoms with Crippen LogP contribution < -0.4 is 10.6 Å². The number of hydrogen-bond donors (Lipinski definition) is 2. The van der Waals surface area contributed by atoms with E-state index in [9.17, 15) is 19.3 Å². The molecule has 0 spiro atoms. The van der Waals surface area contributed by atoms with E-state index in [1.54, 1.807) is 0 Å². The minimum absolute atomic E-state index is 0.269. The summed E-state index contributed by atoms with van der Waals surface area (Å²) < 4.78 is 13.1. The highest BCUT2D eigenvalue weighted by Crippen LogP contribution is 2.19. The van der Waals surface area contributed by atoms with Crippen LogP contribution in [0.3, 0.4) is 0 Å². The van der Waals surface area contributed by atoms with Crippen molar-refractivity contribution in [2.75, 3.05) is 13.1 Å². The molecule has 0 saturated carbocycles. The number of rotatable bonds is 6. The van der Waals surface area contributed by atoms with Crippen LogP contribution in [0.15, 0.2) is 18.2 Å². The fourth-order valence-electron chi connectivity index (χ4n) is 1.48. The second-order valence-corrected chi connectivity index (χ2v) is 4.28. The third-order valence-electron chi connectivity index (χ3n) is 2.36. The molecule has 0 heterocycles. The van der Waals surface area contributed by atoms with E-state index < -0.39 is 22.3 Å². The maximum Gasteiger partial charge on any atom is 0.282 e. The monoisotopic (exact) mass is 269 g/mol. The fourth-order valence-corrected chi connectivity index (χ4v) is 1.48. The zero-order valence-corrected chi connectivity index (χ0v) is 10.8. The lowest BCUT2D eigenvalue weighted by Gasteiger charge is -2.09. The summed E-state index contributed by atoms with van der Waals surface area (Å²) in [6, 6.07) is 3.08. The van der Waals surface area contributed by atoms with Gasteiger partial charge in [-0.15, -0.1) is 0 Å². The average molecular weight is 269 g/mol. The number of amides is 1. The molecule has 1 aromatic carbocycles. The maximum absolute atomic E-state index is 13.1. The molecule has 2 N–H and O–H groups in total. The quantitative estimate of drug-likeness (QED) is 0.465. The number of nitro benzene ring substituents is 1. The Labute approximate surface area is 110 Å². The van der Waals surface area contributed by atoms with Gasteiger partial charge in [-0.2, -0.15) is 0 Å². The first kappa shape index (κ1) is 15.0. The van der Waals surface area contributed by atoms with E-state index in [0.29, 0.717) is 13.1 Å². The Morgan fingerprint density at radius 2 is 2.11 bits per heavy atom. The highest BCUT2D eigenvalue weighted by Gasteiger charge is 2.20. The first-order valence-electron chi connectivity index (χ1n) is 5.87. The van der Waals surface area contributed by atoms with Crippen LogP contribution in [0.25, 0.3) is 0 Å². The lowest BCUT2D eigenvalue weighted by atomic mass is 10.1. The Morgan fingerprint density at radius 3 is 2.68 bits per heavy atom. The van der Waals surface area contributed by atoms with Gasteiger partial charge in [0.2, 0.25) is 0 Å². The van der Waals surface area contributed by atoms with Crippen molar-refractivity contribution >= 4 is 11.6 Å². The van der Waals surface area contributed by atoms with Crippen molar-refractivity contribution < 1.29 is 14.1 Å². The van der Waals surface area contributed by atoms with Gasteiger partial charge in [-0.25, -0.2) is 4.39 Å². The molecule has 0 radical (unpaired) electrons. The Balaban J connectivity index is 2.70. The smallest absolute Gasteiger partial charge is 0.282 e. The summed E-state index contributed by atoms with van der Waals surface area (Å²) in [7, 11) is 0. The van der Waals surface area contributed by atoms with Gasteiger partial charge in [0, 0.05) is 25.2 Å². The topological polar surface area (TPSA) is 84.3 Å². The van der Waals surface area contributed by atoms with Gasteiger partial charge < -0.3 is 10.6 Å². The second kappa shape index (κ2) is 6.79. The van der Waals surface area contributed by atoms with Gasteiger partial charge in [-0.05, 0) is 12.1 Å². The lowest BCUT2D eigenvalue weighted by Crippen LogP contribution is -2.34. The van der Waals surface area contributed by atoms with E-state index in [2.05, 4.69) is 10.6 Å². The van der Waals surface area contributed by atoms with Crippen molar-refractivity contribution in [3.63, 3.8) is 0 Å². The van der Waals surface area contributed by atoms with Crippen LogP contribution in [0, 0.1) is 15.9 Å². The molecule has 0 saturated heterocycles. The second-order valence-electron chi connectivity index (χ2n) is 4.28. The molecule has 0 unspecified atom stereocenters. The summed E-state index contributed by atoms with van der Waals surface area (Å²) in [5.74, 6) is -1.34. The Kier molecular flexibility index (Phi) is 5.37. The van der Waals surface area contributed by atoms with Crippen molar-refractivity contribution in [3.8, 4) is 0 Å². The molecule has 0 aliphatic heterocycles. The summed E-state index contributed by atoms with van der Waals surface area (Å²) >= 11 is 0. The van der Waals surface area contributed by atoms with E-state index in [4.69, 9.17) is 0 Å². The maximum atomic E-state index is 13.1. The summed E-state index contributed by atoms with van der Waals surface area (Å²) in [5, 5.41) is 16.3. The largest absolute Gasteiger partial charge is 0.351 e. The zero-order chi connectivity index (χ0) is 14.4. The van der Waals surface area contributed by atoms with Crippen LogP contribution in [0.2, 0.25) is 0 Å². The van der Waals surface area contributed by atoms with Gasteiger partial charge in [-0.3, -0.25) is 14.9 Å². The number of nitro groups is 1. The van der Waals surface area contributed by atoms with Crippen molar-refractivity contribution in [2.45, 2.75) is 19.9 Å². The van der Waals surface area contributed by atoms with Crippen molar-refractivity contribution in [1.29, 1.82) is 0 Å². The van der Waals surface area contributed by atoms with Gasteiger partial charge in [0.15, 0.2) is 0 Å². The van der Waals surface area contributed by atoms with E-state index in [1.165, 1.54) is 0 Å². The molecule has 6 nitrogen and oxygen atoms in total. The highest BCUT2D eigenvalue weighted by atomic mass is 19.1. The van der Waals surface area contributed by atoms with E-state index >= 15 is 0 Å². The third-order valence-corrected chi connectivity index (χ3v) is 2.36. The summed E-state index contributed by atoms with van der Waals surface area (Å²) in [6.45, 7) is 4.76. The number of benzene rings is 1. The van der Waals surface area contributed by atoms with Gasteiger partial charge in [0.1, 0.15) is 11.4 Å². The third kappa shape index (κ3) is 4.63. The van der Waals surface area contributed by atoms with E-state index in [0.717, 1.165) is 18.2 Å². The predicted molar refractivity (Wildman–Crippen MR) is 68.5 cm³/mol. The summed E-state index contributed by atoms with van der Waals surface area (Å²) in [6.07, 6.45) is 0. The minimum Gasteiger partial charge on any atom is -0.351 e. The number of carbonyl (C=O) groups is 1. The van der Waals surface area contributed by atoms with Crippen molar-refractivity contribution in [2.24, 2.45) is 0 Å². The van der Waals surface area contributed by atoms with Crippen LogP contribution in [-0.2, 0) is 0 Å². The molecular weight excluding hydrogens is 253 g/mol. The number of nitrogens with one attached hydrogen (secondary N) is 2. The molecular formula is C12H16FN3O3. The number of carbonyl (C=O) groups excluding carboxylic acids is 1. The SMILES string of the molecule is CC(C)NCCNC(=O)c1cc(F)ccc1[N+](=O)[O-]. The van der Waals surface area contributed by atoms with Crippen LogP contribution in [0.5, 0.6) is 0 Å². The highest BCUT2D eigenvalue weighted by molar-refractivity contribution is 5.98. The number of halogens is 1. The molecule has 0 atom stereocenters. The van der Waals surface area contributed by atoms with Crippen LogP contribution in [-0.4, -0.2) is 30.0 Å². The first-order valence-corrected chi connectivity index (χ1v) is 5.87. The van der Waals surface area contributed by atoms with Gasteiger partial charge >= 0.3 is 0 Å². The van der Waals surface area contributed by atoms with Crippen molar-refractivity contribution in [1.82, 2.24) is 10.6 Å². The van der Waals surface area contributed by atoms with Gasteiger partial charge in [-0.1, -0.05) is 13.8 Å². The average Bonchev–Trinajstić information content (AvgIpc) is 2.33. The Hall–Kier alpha value is -2.02. The van der Waals surface area contributed by atoms with Crippen LogP contribution in [0.4, 0.5) is 10.1 Å². The molecule has 1 amide bonds.